The Morgan fingerprint density at radius 2 is 2.14 bits per heavy atom. The second-order valence-corrected chi connectivity index (χ2v) is 7.83. The van der Waals surface area contributed by atoms with E-state index in [0.717, 1.165) is 5.92 Å². The highest BCUT2D eigenvalue weighted by molar-refractivity contribution is 5.19. The first-order chi connectivity index (χ1) is 9.83. The molecule has 0 spiro atoms. The van der Waals surface area contributed by atoms with Crippen LogP contribution >= 0.6 is 0 Å². The summed E-state index contributed by atoms with van der Waals surface area (Å²) in [4.78, 5) is 0. The normalized spacial score (nSPS) is 35.1. The maximum Gasteiger partial charge on any atom is 0.123 e. The lowest BCUT2D eigenvalue weighted by Crippen LogP contribution is -2.51. The minimum atomic E-state index is -0.653. The monoisotopic (exact) mass is 291 g/mol. The Bertz CT molecular complexity index is 525. The van der Waals surface area contributed by atoms with Crippen LogP contribution in [0.15, 0.2) is 24.3 Å². The molecule has 2 saturated carbocycles. The van der Waals surface area contributed by atoms with Gasteiger partial charge in [0.1, 0.15) is 5.82 Å². The van der Waals surface area contributed by atoms with Crippen LogP contribution in [-0.2, 0) is 0 Å². The van der Waals surface area contributed by atoms with Gasteiger partial charge >= 0.3 is 0 Å². The molecule has 1 aromatic carbocycles. The number of fused-ring (bicyclic) bond motifs is 2. The van der Waals surface area contributed by atoms with E-state index in [1.54, 1.807) is 12.1 Å². The molecule has 0 aliphatic heterocycles. The highest BCUT2D eigenvalue weighted by Gasteiger charge is 2.58. The molecule has 4 unspecified atom stereocenters. The molecule has 0 saturated heterocycles. The summed E-state index contributed by atoms with van der Waals surface area (Å²) in [6.07, 6.45) is 3.23. The summed E-state index contributed by atoms with van der Waals surface area (Å²) < 4.78 is 13.2. The maximum atomic E-state index is 13.2. The summed E-state index contributed by atoms with van der Waals surface area (Å²) in [5.74, 6) is 0.491. The van der Waals surface area contributed by atoms with Gasteiger partial charge in [-0.3, -0.25) is 0 Å². The predicted molar refractivity (Wildman–Crippen MR) is 82.4 cm³/mol. The lowest BCUT2D eigenvalue weighted by Gasteiger charge is -2.43. The molecule has 1 aromatic rings. The molecule has 4 atom stereocenters. The zero-order valence-corrected chi connectivity index (χ0v) is 13.2. The SMILES string of the molecule is CC12CCC(C1)C(C)(C)C2NCC(O)c1cccc(F)c1. The number of aliphatic hydroxyl groups is 1. The van der Waals surface area contributed by atoms with Gasteiger partial charge in [-0.15, -0.1) is 0 Å². The second-order valence-electron chi connectivity index (χ2n) is 7.83. The quantitative estimate of drug-likeness (QED) is 0.887. The predicted octanol–water partition coefficient (Wildman–Crippen LogP) is 3.66. The van der Waals surface area contributed by atoms with Crippen molar-refractivity contribution in [2.24, 2.45) is 16.7 Å². The first kappa shape index (κ1) is 15.0. The number of nitrogens with one attached hydrogen (secondary N) is 1. The molecule has 0 heterocycles. The van der Waals surface area contributed by atoms with E-state index in [1.165, 1.54) is 31.4 Å². The summed E-state index contributed by atoms with van der Waals surface area (Å²) in [7, 11) is 0. The van der Waals surface area contributed by atoms with E-state index in [4.69, 9.17) is 0 Å². The van der Waals surface area contributed by atoms with Crippen molar-refractivity contribution in [3.63, 3.8) is 0 Å². The van der Waals surface area contributed by atoms with E-state index in [-0.39, 0.29) is 11.2 Å². The maximum absolute atomic E-state index is 13.2. The van der Waals surface area contributed by atoms with Crippen LogP contribution in [0.1, 0.15) is 51.7 Å². The van der Waals surface area contributed by atoms with Crippen LogP contribution in [0.3, 0.4) is 0 Å². The average molecular weight is 291 g/mol. The van der Waals surface area contributed by atoms with Crippen LogP contribution < -0.4 is 5.32 Å². The van der Waals surface area contributed by atoms with Crippen LogP contribution in [0.25, 0.3) is 0 Å². The van der Waals surface area contributed by atoms with Crippen LogP contribution in [-0.4, -0.2) is 17.7 Å². The van der Waals surface area contributed by atoms with Gasteiger partial charge in [0, 0.05) is 12.6 Å². The van der Waals surface area contributed by atoms with Gasteiger partial charge in [0.25, 0.3) is 0 Å². The van der Waals surface area contributed by atoms with Crippen LogP contribution in [0.4, 0.5) is 4.39 Å². The first-order valence-electron chi connectivity index (χ1n) is 8.00. The molecule has 116 valence electrons. The highest BCUT2D eigenvalue weighted by Crippen LogP contribution is 2.62. The van der Waals surface area contributed by atoms with Crippen molar-refractivity contribution in [2.75, 3.05) is 6.54 Å². The van der Waals surface area contributed by atoms with Gasteiger partial charge in [0.2, 0.25) is 0 Å². The van der Waals surface area contributed by atoms with Crippen molar-refractivity contribution >= 4 is 0 Å². The third-order valence-corrected chi connectivity index (χ3v) is 6.02. The Morgan fingerprint density at radius 3 is 2.76 bits per heavy atom. The zero-order chi connectivity index (χ0) is 15.3. The van der Waals surface area contributed by atoms with Gasteiger partial charge in [0.15, 0.2) is 0 Å². The third kappa shape index (κ3) is 2.51. The van der Waals surface area contributed by atoms with Crippen LogP contribution in [0.2, 0.25) is 0 Å². The molecular weight excluding hydrogens is 265 g/mol. The van der Waals surface area contributed by atoms with Crippen LogP contribution in [0, 0.1) is 22.6 Å². The first-order valence-corrected chi connectivity index (χ1v) is 8.00. The Kier molecular flexibility index (Phi) is 3.61. The number of hydrogen-bond donors (Lipinski definition) is 2. The van der Waals surface area contributed by atoms with Crippen molar-refractivity contribution in [3.05, 3.63) is 35.6 Å². The average Bonchev–Trinajstić information content (AvgIpc) is 2.89. The summed E-state index contributed by atoms with van der Waals surface area (Å²) >= 11 is 0. The summed E-state index contributed by atoms with van der Waals surface area (Å²) in [6, 6.07) is 6.68. The molecule has 3 heteroatoms. The number of rotatable bonds is 4. The molecule has 0 amide bonds. The molecule has 2 bridgehead atoms. The molecule has 3 rings (SSSR count). The summed E-state index contributed by atoms with van der Waals surface area (Å²) in [5, 5.41) is 13.9. The van der Waals surface area contributed by atoms with Gasteiger partial charge < -0.3 is 10.4 Å². The standard InChI is InChI=1S/C18H26FNO/c1-17(2)13-7-8-18(3,10-13)16(17)20-11-15(21)12-5-4-6-14(19)9-12/h4-6,9,13,15-16,20-21H,7-8,10-11H2,1-3H3. The number of aliphatic hydroxyl groups excluding tert-OH is 1. The molecule has 2 N–H and O–H groups in total. The minimum Gasteiger partial charge on any atom is -0.387 e. The Hall–Kier alpha value is -0.930. The van der Waals surface area contributed by atoms with Crippen molar-refractivity contribution in [2.45, 2.75) is 52.2 Å². The van der Waals surface area contributed by atoms with E-state index >= 15 is 0 Å². The molecule has 0 radical (unpaired) electrons. The third-order valence-electron chi connectivity index (χ3n) is 6.02. The Balaban J connectivity index is 1.67. The molecule has 2 aliphatic carbocycles. The number of benzene rings is 1. The van der Waals surface area contributed by atoms with E-state index in [1.807, 2.05) is 0 Å². The van der Waals surface area contributed by atoms with Gasteiger partial charge in [-0.2, -0.15) is 0 Å². The molecule has 21 heavy (non-hydrogen) atoms. The van der Waals surface area contributed by atoms with Crippen molar-refractivity contribution in [1.29, 1.82) is 0 Å². The number of halogens is 1. The minimum absolute atomic E-state index is 0.272. The summed E-state index contributed by atoms with van der Waals surface area (Å²) in [5.41, 5.74) is 1.26. The lowest BCUT2D eigenvalue weighted by atomic mass is 9.68. The van der Waals surface area contributed by atoms with Gasteiger partial charge in [-0.05, 0) is 53.7 Å². The van der Waals surface area contributed by atoms with Gasteiger partial charge in [-0.1, -0.05) is 32.9 Å². The van der Waals surface area contributed by atoms with E-state index < -0.39 is 6.10 Å². The fraction of sp³-hybridized carbons (Fsp3) is 0.667. The fourth-order valence-corrected chi connectivity index (χ4v) is 4.87. The largest absolute Gasteiger partial charge is 0.387 e. The molecule has 2 nitrogen and oxygen atoms in total. The molecular formula is C18H26FNO. The smallest absolute Gasteiger partial charge is 0.123 e. The Morgan fingerprint density at radius 1 is 1.38 bits per heavy atom. The lowest BCUT2D eigenvalue weighted by molar-refractivity contribution is 0.0879. The molecule has 2 fully saturated rings. The van der Waals surface area contributed by atoms with Gasteiger partial charge in [0.05, 0.1) is 6.10 Å². The van der Waals surface area contributed by atoms with Gasteiger partial charge in [-0.25, -0.2) is 4.39 Å². The van der Waals surface area contributed by atoms with E-state index in [2.05, 4.69) is 26.1 Å². The topological polar surface area (TPSA) is 32.3 Å². The Labute approximate surface area is 126 Å². The fourth-order valence-electron chi connectivity index (χ4n) is 4.87. The number of hydrogen-bond acceptors (Lipinski definition) is 2. The van der Waals surface area contributed by atoms with Crippen molar-refractivity contribution in [1.82, 2.24) is 5.32 Å². The summed E-state index contributed by atoms with van der Waals surface area (Å²) in [6.45, 7) is 7.54. The van der Waals surface area contributed by atoms with Crippen molar-refractivity contribution < 1.29 is 9.50 Å². The molecule has 0 aromatic heterocycles. The second kappa shape index (κ2) is 5.06. The highest BCUT2D eigenvalue weighted by atomic mass is 19.1. The zero-order valence-electron chi connectivity index (χ0n) is 13.2. The van der Waals surface area contributed by atoms with Crippen molar-refractivity contribution in [3.8, 4) is 0 Å². The van der Waals surface area contributed by atoms with E-state index in [0.29, 0.717) is 23.6 Å². The van der Waals surface area contributed by atoms with Crippen LogP contribution in [0.5, 0.6) is 0 Å². The van der Waals surface area contributed by atoms with E-state index in [9.17, 15) is 9.50 Å². The molecule has 2 aliphatic rings.